The molecule has 43 heavy (non-hydrogen) atoms. The summed E-state index contributed by atoms with van der Waals surface area (Å²) in [6.45, 7) is 14.3. The molecule has 0 aliphatic heterocycles. The Kier molecular flexibility index (Phi) is 21.7. The van der Waals surface area contributed by atoms with Crippen molar-refractivity contribution in [2.45, 2.75) is 51.5 Å². The number of alkyl halides is 1. The first-order chi connectivity index (χ1) is 21.0. The Bertz CT molecular complexity index is 859. The van der Waals surface area contributed by atoms with Crippen LogP contribution >= 0.6 is 22.6 Å². The zero-order chi connectivity index (χ0) is 30.9. The number of rotatable bonds is 27. The van der Waals surface area contributed by atoms with Gasteiger partial charge < -0.3 is 32.8 Å². The van der Waals surface area contributed by atoms with Gasteiger partial charge in [0, 0.05) is 6.61 Å². The number of ether oxygens (including phenoxy) is 6. The molecule has 244 valence electrons. The predicted molar refractivity (Wildman–Crippen MR) is 186 cm³/mol. The van der Waals surface area contributed by atoms with Crippen molar-refractivity contribution in [2.24, 2.45) is 0 Å². The van der Waals surface area contributed by atoms with E-state index in [-0.39, 0.29) is 5.04 Å². The van der Waals surface area contributed by atoms with E-state index in [2.05, 4.69) is 104 Å². The Hall–Kier alpha value is -0.893. The lowest BCUT2D eigenvalue weighted by Gasteiger charge is -2.43. The third-order valence-electron chi connectivity index (χ3n) is 7.00. The molecule has 0 radical (unpaired) electrons. The van der Waals surface area contributed by atoms with E-state index in [0.717, 1.165) is 13.0 Å². The normalized spacial score (nSPS) is 12.2. The fourth-order valence-corrected chi connectivity index (χ4v) is 9.95. The van der Waals surface area contributed by atoms with Gasteiger partial charge in [-0.25, -0.2) is 0 Å². The molecule has 2 aromatic carbocycles. The Morgan fingerprint density at radius 2 is 0.814 bits per heavy atom. The van der Waals surface area contributed by atoms with Crippen LogP contribution in [0.2, 0.25) is 5.04 Å². The maximum Gasteiger partial charge on any atom is 0.261 e. The second-order valence-corrected chi connectivity index (χ2v) is 16.7. The summed E-state index contributed by atoms with van der Waals surface area (Å²) in [4.78, 5) is 0. The van der Waals surface area contributed by atoms with Crippen molar-refractivity contribution in [3.05, 3.63) is 60.7 Å². The molecule has 0 aromatic heterocycles. The Morgan fingerprint density at radius 1 is 0.465 bits per heavy atom. The average molecular weight is 731 g/mol. The van der Waals surface area contributed by atoms with E-state index in [0.29, 0.717) is 79.3 Å². The molecule has 2 aromatic rings. The fraction of sp³-hybridized carbons (Fsp3) is 0.647. The lowest BCUT2D eigenvalue weighted by molar-refractivity contribution is -0.0180. The van der Waals surface area contributed by atoms with Crippen LogP contribution in [-0.4, -0.2) is 98.6 Å². The van der Waals surface area contributed by atoms with Crippen LogP contribution in [0.3, 0.4) is 0 Å². The fourth-order valence-electron chi connectivity index (χ4n) is 4.87. The number of benzene rings is 2. The number of unbranched alkanes of at least 4 members (excludes halogenated alkanes) is 3. The topological polar surface area (TPSA) is 64.6 Å². The molecule has 9 heteroatoms. The smallest absolute Gasteiger partial charge is 0.261 e. The predicted octanol–water partition coefficient (Wildman–Crippen LogP) is 5.66. The van der Waals surface area contributed by atoms with Gasteiger partial charge in [0.05, 0.1) is 79.3 Å². The molecule has 0 aliphatic rings. The number of halogens is 1. The monoisotopic (exact) mass is 730 g/mol. The minimum atomic E-state index is -2.52. The van der Waals surface area contributed by atoms with Gasteiger partial charge in [-0.1, -0.05) is 117 Å². The largest absolute Gasteiger partial charge is 0.405 e. The first kappa shape index (κ1) is 38.3. The van der Waals surface area contributed by atoms with Crippen LogP contribution in [0.5, 0.6) is 0 Å². The summed E-state index contributed by atoms with van der Waals surface area (Å²) in [6, 6.07) is 21.3. The van der Waals surface area contributed by atoms with E-state index in [9.17, 15) is 0 Å². The van der Waals surface area contributed by atoms with Crippen molar-refractivity contribution in [1.82, 2.24) is 0 Å². The molecule has 0 saturated heterocycles. The molecule has 0 unspecified atom stereocenters. The third-order valence-corrected chi connectivity index (χ3v) is 12.8. The standard InChI is InChI=1S/C34H55IO7Si/c1-34(2,3)43(32-14-8-6-9-15-32,33-16-10-7-11-17-33)42-31-30-41-29-28-40-27-26-39-25-24-38-23-22-37-21-20-36-19-13-5-4-12-18-35/h6-11,14-17H,4-5,12-13,18-31H2,1-3H3. The quantitative estimate of drug-likeness (QED) is 0.0510. The lowest BCUT2D eigenvalue weighted by Crippen LogP contribution is -2.66. The molecule has 0 saturated carbocycles. The van der Waals surface area contributed by atoms with Crippen LogP contribution in [0.1, 0.15) is 46.5 Å². The Balaban J connectivity index is 1.45. The molecule has 0 aliphatic carbocycles. The molecule has 7 nitrogen and oxygen atoms in total. The second kappa shape index (κ2) is 24.4. The minimum absolute atomic E-state index is 0.0421. The summed E-state index contributed by atoms with van der Waals surface area (Å²) in [5.74, 6) is 0. The third kappa shape index (κ3) is 15.8. The van der Waals surface area contributed by atoms with Gasteiger partial charge in [0.1, 0.15) is 0 Å². The second-order valence-electron chi connectivity index (χ2n) is 11.3. The van der Waals surface area contributed by atoms with Gasteiger partial charge in [-0.15, -0.1) is 0 Å². The van der Waals surface area contributed by atoms with Crippen molar-refractivity contribution < 1.29 is 32.8 Å². The molecular weight excluding hydrogens is 675 g/mol. The van der Waals surface area contributed by atoms with Crippen LogP contribution in [0.25, 0.3) is 0 Å². The molecule has 2 rings (SSSR count). The number of hydrogen-bond acceptors (Lipinski definition) is 7. The Morgan fingerprint density at radius 3 is 1.19 bits per heavy atom. The molecule has 0 heterocycles. The van der Waals surface area contributed by atoms with Crippen molar-refractivity contribution >= 4 is 41.3 Å². The van der Waals surface area contributed by atoms with Crippen molar-refractivity contribution in [2.75, 3.05) is 90.3 Å². The highest BCUT2D eigenvalue weighted by molar-refractivity contribution is 14.1. The van der Waals surface area contributed by atoms with E-state index in [1.54, 1.807) is 0 Å². The summed E-state index contributed by atoms with van der Waals surface area (Å²) < 4.78 is 41.8. The summed E-state index contributed by atoms with van der Waals surface area (Å²) in [5, 5.41) is 2.51. The van der Waals surface area contributed by atoms with Gasteiger partial charge in [0.15, 0.2) is 0 Å². The first-order valence-corrected chi connectivity index (χ1v) is 19.2. The van der Waals surface area contributed by atoms with Gasteiger partial charge in [0.2, 0.25) is 0 Å². The molecule has 0 N–H and O–H groups in total. The zero-order valence-electron chi connectivity index (χ0n) is 26.7. The summed E-state index contributed by atoms with van der Waals surface area (Å²) in [7, 11) is -2.52. The van der Waals surface area contributed by atoms with Gasteiger partial charge in [-0.05, 0) is 32.7 Å². The Labute approximate surface area is 275 Å². The van der Waals surface area contributed by atoms with E-state index < -0.39 is 8.32 Å². The van der Waals surface area contributed by atoms with E-state index in [1.165, 1.54) is 34.1 Å². The van der Waals surface area contributed by atoms with Crippen LogP contribution in [0.15, 0.2) is 60.7 Å². The molecular formula is C34H55IO7Si. The lowest BCUT2D eigenvalue weighted by atomic mass is 10.2. The van der Waals surface area contributed by atoms with Crippen molar-refractivity contribution in [3.8, 4) is 0 Å². The van der Waals surface area contributed by atoms with Gasteiger partial charge in [-0.2, -0.15) is 0 Å². The maximum atomic E-state index is 6.84. The highest BCUT2D eigenvalue weighted by Gasteiger charge is 2.49. The molecule has 0 amide bonds. The van der Waals surface area contributed by atoms with Crippen molar-refractivity contribution in [3.63, 3.8) is 0 Å². The SMILES string of the molecule is CC(C)(C)[Si](OCCOCCOCCOCCOCCOCCOCCCCCCI)(c1ccccc1)c1ccccc1. The van der Waals surface area contributed by atoms with Gasteiger partial charge in [-0.3, -0.25) is 0 Å². The first-order valence-electron chi connectivity index (χ1n) is 15.8. The molecule has 0 bridgehead atoms. The minimum Gasteiger partial charge on any atom is -0.405 e. The van der Waals surface area contributed by atoms with Crippen LogP contribution in [0.4, 0.5) is 0 Å². The highest BCUT2D eigenvalue weighted by Crippen LogP contribution is 2.36. The van der Waals surface area contributed by atoms with Crippen LogP contribution in [-0.2, 0) is 32.8 Å². The van der Waals surface area contributed by atoms with E-state index in [4.69, 9.17) is 32.8 Å². The maximum absolute atomic E-state index is 6.84. The summed E-state index contributed by atoms with van der Waals surface area (Å²) >= 11 is 2.43. The van der Waals surface area contributed by atoms with E-state index in [1.807, 2.05) is 0 Å². The summed E-state index contributed by atoms with van der Waals surface area (Å²) in [5.41, 5.74) is 0. The molecule has 0 fully saturated rings. The van der Waals surface area contributed by atoms with Gasteiger partial charge in [0.25, 0.3) is 8.32 Å². The zero-order valence-corrected chi connectivity index (χ0v) is 29.9. The average Bonchev–Trinajstić information content (AvgIpc) is 3.01. The van der Waals surface area contributed by atoms with Gasteiger partial charge >= 0.3 is 0 Å². The molecule has 0 spiro atoms. The molecule has 0 atom stereocenters. The summed E-state index contributed by atoms with van der Waals surface area (Å²) in [6.07, 6.45) is 5.00. The van der Waals surface area contributed by atoms with Crippen LogP contribution < -0.4 is 10.4 Å². The van der Waals surface area contributed by atoms with E-state index >= 15 is 0 Å². The van der Waals surface area contributed by atoms with Crippen molar-refractivity contribution in [1.29, 1.82) is 0 Å². The number of hydrogen-bond donors (Lipinski definition) is 0. The van der Waals surface area contributed by atoms with Crippen LogP contribution in [0, 0.1) is 0 Å². The highest BCUT2D eigenvalue weighted by atomic mass is 127.